The van der Waals surface area contributed by atoms with Gasteiger partial charge in [-0.05, 0) is 78.9 Å². The lowest BCUT2D eigenvalue weighted by Gasteiger charge is -2.16. The summed E-state index contributed by atoms with van der Waals surface area (Å²) in [6, 6.07) is 4.51. The monoisotopic (exact) mass is 266 g/mol. The standard InChI is InChI=1S/C18H22N2/c1-6-15-9-16(8-12(3)18(15)20-7-2)17-13(4)10-19-11-14(17)5/h7-11,20H,2,6H2,1,3-5H3. The fourth-order valence-electron chi connectivity index (χ4n) is 2.75. The van der Waals surface area contributed by atoms with Crippen molar-refractivity contribution in [1.29, 1.82) is 0 Å². The third-order valence-corrected chi connectivity index (χ3v) is 3.66. The summed E-state index contributed by atoms with van der Waals surface area (Å²) in [4.78, 5) is 4.26. The number of pyridine rings is 1. The summed E-state index contributed by atoms with van der Waals surface area (Å²) in [5.74, 6) is 0. The molecule has 104 valence electrons. The van der Waals surface area contributed by atoms with Crippen molar-refractivity contribution in [2.24, 2.45) is 0 Å². The maximum atomic E-state index is 4.26. The fourth-order valence-corrected chi connectivity index (χ4v) is 2.75. The van der Waals surface area contributed by atoms with E-state index in [2.05, 4.69) is 56.7 Å². The van der Waals surface area contributed by atoms with Gasteiger partial charge in [0.05, 0.1) is 0 Å². The maximum Gasteiger partial charge on any atom is 0.0442 e. The molecule has 2 nitrogen and oxygen atoms in total. The Labute approximate surface area is 121 Å². The number of hydrogen-bond donors (Lipinski definition) is 1. The molecular formula is C18H22N2. The van der Waals surface area contributed by atoms with E-state index in [1.807, 2.05) is 12.4 Å². The maximum absolute atomic E-state index is 4.26. The SMILES string of the molecule is C=CNc1c(C)cc(-c2c(C)cncc2C)cc1CC. The highest BCUT2D eigenvalue weighted by molar-refractivity contribution is 5.75. The Kier molecular flexibility index (Phi) is 4.23. The molecule has 0 fully saturated rings. The zero-order valence-corrected chi connectivity index (χ0v) is 12.7. The molecule has 0 spiro atoms. The first kappa shape index (κ1) is 14.3. The number of nitrogens with one attached hydrogen (secondary N) is 1. The van der Waals surface area contributed by atoms with Gasteiger partial charge in [-0.1, -0.05) is 13.5 Å². The molecule has 0 aliphatic heterocycles. The third kappa shape index (κ3) is 2.60. The van der Waals surface area contributed by atoms with Gasteiger partial charge in [0.15, 0.2) is 0 Å². The third-order valence-electron chi connectivity index (χ3n) is 3.66. The lowest BCUT2D eigenvalue weighted by Crippen LogP contribution is -1.99. The average molecular weight is 266 g/mol. The summed E-state index contributed by atoms with van der Waals surface area (Å²) in [7, 11) is 0. The first-order chi connectivity index (χ1) is 9.58. The summed E-state index contributed by atoms with van der Waals surface area (Å²) in [6.45, 7) is 12.3. The number of anilines is 1. The molecule has 1 aromatic heterocycles. The number of benzene rings is 1. The van der Waals surface area contributed by atoms with Crippen molar-refractivity contribution in [3.63, 3.8) is 0 Å². The summed E-state index contributed by atoms with van der Waals surface area (Å²) in [5.41, 5.74) is 8.74. The second-order valence-corrected chi connectivity index (χ2v) is 5.18. The van der Waals surface area contributed by atoms with Crippen LogP contribution in [0.4, 0.5) is 5.69 Å². The summed E-state index contributed by atoms with van der Waals surface area (Å²) in [5, 5.41) is 3.25. The van der Waals surface area contributed by atoms with Crippen LogP contribution in [0.5, 0.6) is 0 Å². The van der Waals surface area contributed by atoms with Gasteiger partial charge in [-0.3, -0.25) is 4.98 Å². The quantitative estimate of drug-likeness (QED) is 0.860. The second-order valence-electron chi connectivity index (χ2n) is 5.18. The van der Waals surface area contributed by atoms with Gasteiger partial charge in [-0.2, -0.15) is 0 Å². The molecule has 0 radical (unpaired) electrons. The first-order valence-electron chi connectivity index (χ1n) is 7.01. The second kappa shape index (κ2) is 5.91. The van der Waals surface area contributed by atoms with Gasteiger partial charge in [0.1, 0.15) is 0 Å². The smallest absolute Gasteiger partial charge is 0.0442 e. The van der Waals surface area contributed by atoms with Crippen LogP contribution >= 0.6 is 0 Å². The van der Waals surface area contributed by atoms with E-state index in [0.29, 0.717) is 0 Å². The molecule has 0 bridgehead atoms. The van der Waals surface area contributed by atoms with E-state index in [9.17, 15) is 0 Å². The van der Waals surface area contributed by atoms with E-state index in [4.69, 9.17) is 0 Å². The highest BCUT2D eigenvalue weighted by atomic mass is 14.8. The summed E-state index contributed by atoms with van der Waals surface area (Å²) >= 11 is 0. The Morgan fingerprint density at radius 3 is 2.30 bits per heavy atom. The molecule has 0 saturated heterocycles. The zero-order valence-electron chi connectivity index (χ0n) is 12.7. The normalized spacial score (nSPS) is 10.4. The predicted molar refractivity (Wildman–Crippen MR) is 87.1 cm³/mol. The molecular weight excluding hydrogens is 244 g/mol. The minimum absolute atomic E-state index is 0.994. The number of rotatable bonds is 4. The van der Waals surface area contributed by atoms with Crippen LogP contribution in [-0.2, 0) is 6.42 Å². The van der Waals surface area contributed by atoms with E-state index < -0.39 is 0 Å². The van der Waals surface area contributed by atoms with Gasteiger partial charge < -0.3 is 5.32 Å². The molecule has 1 aromatic carbocycles. The van der Waals surface area contributed by atoms with E-state index in [1.54, 1.807) is 6.20 Å². The Bertz CT molecular complexity index is 622. The predicted octanol–water partition coefficient (Wildman–Crippen LogP) is 4.79. The van der Waals surface area contributed by atoms with Crippen LogP contribution < -0.4 is 5.32 Å². The van der Waals surface area contributed by atoms with E-state index in [-0.39, 0.29) is 0 Å². The van der Waals surface area contributed by atoms with Crippen molar-refractivity contribution >= 4 is 5.69 Å². The molecule has 0 unspecified atom stereocenters. The van der Waals surface area contributed by atoms with Crippen molar-refractivity contribution in [2.75, 3.05) is 5.32 Å². The van der Waals surface area contributed by atoms with Crippen LogP contribution in [0, 0.1) is 20.8 Å². The minimum atomic E-state index is 0.994. The topological polar surface area (TPSA) is 24.9 Å². The van der Waals surface area contributed by atoms with Gasteiger partial charge in [0, 0.05) is 18.1 Å². The molecule has 0 saturated carbocycles. The van der Waals surface area contributed by atoms with Gasteiger partial charge in [-0.15, -0.1) is 0 Å². The highest BCUT2D eigenvalue weighted by Gasteiger charge is 2.11. The molecule has 0 atom stereocenters. The lowest BCUT2D eigenvalue weighted by molar-refractivity contribution is 1.13. The lowest BCUT2D eigenvalue weighted by atomic mass is 9.93. The van der Waals surface area contributed by atoms with Crippen molar-refractivity contribution in [2.45, 2.75) is 34.1 Å². The van der Waals surface area contributed by atoms with Gasteiger partial charge >= 0.3 is 0 Å². The van der Waals surface area contributed by atoms with Gasteiger partial charge in [0.25, 0.3) is 0 Å². The van der Waals surface area contributed by atoms with Crippen LogP contribution in [0.15, 0.2) is 37.3 Å². The molecule has 0 amide bonds. The Hall–Kier alpha value is -2.09. The summed E-state index contributed by atoms with van der Waals surface area (Å²) in [6.07, 6.45) is 6.59. The van der Waals surface area contributed by atoms with Crippen LogP contribution in [0.2, 0.25) is 0 Å². The largest absolute Gasteiger partial charge is 0.362 e. The highest BCUT2D eigenvalue weighted by Crippen LogP contribution is 2.32. The number of aromatic nitrogens is 1. The van der Waals surface area contributed by atoms with Crippen molar-refractivity contribution < 1.29 is 0 Å². The first-order valence-corrected chi connectivity index (χ1v) is 7.01. The molecule has 2 rings (SSSR count). The summed E-state index contributed by atoms with van der Waals surface area (Å²) < 4.78 is 0. The fraction of sp³-hybridized carbons (Fsp3) is 0.278. The van der Waals surface area contributed by atoms with E-state index >= 15 is 0 Å². The molecule has 1 heterocycles. The van der Waals surface area contributed by atoms with Crippen molar-refractivity contribution in [3.05, 3.63) is 59.6 Å². The van der Waals surface area contributed by atoms with Crippen LogP contribution in [0.25, 0.3) is 11.1 Å². The Balaban J connectivity index is 2.65. The Morgan fingerprint density at radius 2 is 1.75 bits per heavy atom. The van der Waals surface area contributed by atoms with Crippen LogP contribution in [0.3, 0.4) is 0 Å². The molecule has 2 aromatic rings. The number of nitrogens with zero attached hydrogens (tertiary/aromatic N) is 1. The van der Waals surface area contributed by atoms with E-state index in [1.165, 1.54) is 39.1 Å². The van der Waals surface area contributed by atoms with Gasteiger partial charge in [0.2, 0.25) is 0 Å². The van der Waals surface area contributed by atoms with Crippen molar-refractivity contribution in [1.82, 2.24) is 4.98 Å². The van der Waals surface area contributed by atoms with Crippen LogP contribution in [-0.4, -0.2) is 4.98 Å². The van der Waals surface area contributed by atoms with E-state index in [0.717, 1.165) is 6.42 Å². The van der Waals surface area contributed by atoms with Gasteiger partial charge in [-0.25, -0.2) is 0 Å². The minimum Gasteiger partial charge on any atom is -0.362 e. The molecule has 1 N–H and O–H groups in total. The molecule has 0 aliphatic carbocycles. The number of aryl methyl sites for hydroxylation is 4. The molecule has 20 heavy (non-hydrogen) atoms. The van der Waals surface area contributed by atoms with Crippen molar-refractivity contribution in [3.8, 4) is 11.1 Å². The average Bonchev–Trinajstić information content (AvgIpc) is 2.41. The molecule has 0 aliphatic rings. The number of hydrogen-bond acceptors (Lipinski definition) is 2. The zero-order chi connectivity index (χ0) is 14.7. The molecule has 2 heteroatoms. The Morgan fingerprint density at radius 1 is 1.10 bits per heavy atom. The van der Waals surface area contributed by atoms with Crippen LogP contribution in [0.1, 0.15) is 29.2 Å².